The van der Waals surface area contributed by atoms with Crippen LogP contribution in [0.5, 0.6) is 0 Å². The van der Waals surface area contributed by atoms with Crippen molar-refractivity contribution >= 4 is 11.8 Å². The van der Waals surface area contributed by atoms with Gasteiger partial charge in [0.25, 0.3) is 6.20 Å². The summed E-state index contributed by atoms with van der Waals surface area (Å²) in [4.78, 5) is 12.2. The molecule has 0 aliphatic carbocycles. The Bertz CT molecular complexity index is 602. The summed E-state index contributed by atoms with van der Waals surface area (Å²) < 4.78 is 5.75. The minimum Gasteiger partial charge on any atom is -0.464 e. The molecule has 0 aliphatic heterocycles. The topological polar surface area (TPSA) is 96.3 Å². The van der Waals surface area contributed by atoms with E-state index in [9.17, 15) is 10.1 Å². The van der Waals surface area contributed by atoms with Crippen LogP contribution in [0.3, 0.4) is 0 Å². The van der Waals surface area contributed by atoms with E-state index in [1.54, 1.807) is 11.8 Å². The summed E-state index contributed by atoms with van der Waals surface area (Å²) in [6, 6.07) is 3.98. The Morgan fingerprint density at radius 3 is 2.81 bits per heavy atom. The molecule has 1 aromatic rings. The molecule has 8 nitrogen and oxygen atoms in total. The molecule has 1 aromatic heterocycles. The minimum atomic E-state index is -0.513. The maximum Gasteiger partial charge on any atom is 0.278 e. The van der Waals surface area contributed by atoms with Gasteiger partial charge in [0.1, 0.15) is 11.5 Å². The molecule has 0 atom stereocenters. The smallest absolute Gasteiger partial charge is 0.278 e. The first kappa shape index (κ1) is 23.2. The number of thioether (sulfide) groups is 1. The third kappa shape index (κ3) is 12.2. The van der Waals surface area contributed by atoms with Gasteiger partial charge in [-0.1, -0.05) is 26.2 Å². The highest BCUT2D eigenvalue weighted by Crippen LogP contribution is 2.16. The van der Waals surface area contributed by atoms with E-state index in [1.807, 2.05) is 26.2 Å². The molecule has 0 unspecified atom stereocenters. The average Bonchev–Trinajstić information content (AvgIpc) is 3.03. The number of hydrogen-bond acceptors (Lipinski definition) is 8. The van der Waals surface area contributed by atoms with E-state index < -0.39 is 4.92 Å². The van der Waals surface area contributed by atoms with Crippen LogP contribution in [0.2, 0.25) is 0 Å². The third-order valence-electron chi connectivity index (χ3n) is 3.50. The lowest BCUT2D eigenvalue weighted by Gasteiger charge is -2.06. The second-order valence-corrected chi connectivity index (χ2v) is 7.52. The maximum absolute atomic E-state index is 10.7. The summed E-state index contributed by atoms with van der Waals surface area (Å²) in [5.74, 6) is 3.63. The summed E-state index contributed by atoms with van der Waals surface area (Å²) in [6.07, 6.45) is 5.27. The maximum atomic E-state index is 10.7. The van der Waals surface area contributed by atoms with Gasteiger partial charge in [0.05, 0.1) is 23.8 Å². The van der Waals surface area contributed by atoms with Gasteiger partial charge in [0, 0.05) is 12.3 Å². The standard InChI is InChI=1S/C18H31N5O3S/c1-4-5-6-7-10-20-21-18(14-23(24)25)19-11-12-27-15-17-9-8-16(26-17)13-22(2)3/h8-9,14,19H,4-7,10-13,15H2,1-3H3. The SMILES string of the molecule is CCCCCCN=NC(=C[N+](=O)[O-])NCCSCc1ccc(CN(C)C)o1. The Kier molecular flexibility index (Phi) is 12.2. The number of hydrogen-bond donors (Lipinski definition) is 1. The van der Waals surface area contributed by atoms with E-state index in [0.29, 0.717) is 13.1 Å². The monoisotopic (exact) mass is 397 g/mol. The molecule has 0 fully saturated rings. The van der Waals surface area contributed by atoms with Crippen LogP contribution in [0, 0.1) is 10.1 Å². The number of azo groups is 1. The first-order chi connectivity index (χ1) is 13.0. The normalized spacial score (nSPS) is 12.2. The fourth-order valence-electron chi connectivity index (χ4n) is 2.26. The molecule has 0 spiro atoms. The van der Waals surface area contributed by atoms with Crippen molar-refractivity contribution in [1.82, 2.24) is 10.2 Å². The largest absolute Gasteiger partial charge is 0.464 e. The summed E-state index contributed by atoms with van der Waals surface area (Å²) >= 11 is 1.70. The van der Waals surface area contributed by atoms with Gasteiger partial charge in [-0.25, -0.2) is 0 Å². The number of rotatable bonds is 15. The predicted molar refractivity (Wildman–Crippen MR) is 109 cm³/mol. The summed E-state index contributed by atoms with van der Waals surface area (Å²) in [6.45, 7) is 4.10. The van der Waals surface area contributed by atoms with Crippen LogP contribution < -0.4 is 5.32 Å². The van der Waals surface area contributed by atoms with Gasteiger partial charge in [-0.2, -0.15) is 16.9 Å². The Balaban J connectivity index is 2.27. The molecule has 0 saturated heterocycles. The number of unbranched alkanes of at least 4 members (excludes halogenated alkanes) is 3. The molecule has 152 valence electrons. The van der Waals surface area contributed by atoms with Gasteiger partial charge >= 0.3 is 0 Å². The number of nitro groups is 1. The Morgan fingerprint density at radius 1 is 1.33 bits per heavy atom. The van der Waals surface area contributed by atoms with Crippen LogP contribution >= 0.6 is 11.8 Å². The second kappa shape index (κ2) is 14.2. The van der Waals surface area contributed by atoms with Crippen LogP contribution in [0.4, 0.5) is 0 Å². The van der Waals surface area contributed by atoms with E-state index in [2.05, 4.69) is 27.4 Å². The fourth-order valence-corrected chi connectivity index (χ4v) is 3.01. The molecule has 1 heterocycles. The molecule has 0 radical (unpaired) electrons. The zero-order valence-electron chi connectivity index (χ0n) is 16.5. The van der Waals surface area contributed by atoms with Crippen LogP contribution in [-0.2, 0) is 12.3 Å². The van der Waals surface area contributed by atoms with Crippen molar-refractivity contribution in [2.45, 2.75) is 44.9 Å². The predicted octanol–water partition coefficient (Wildman–Crippen LogP) is 4.27. The first-order valence-electron chi connectivity index (χ1n) is 9.28. The van der Waals surface area contributed by atoms with E-state index in [0.717, 1.165) is 55.0 Å². The summed E-state index contributed by atoms with van der Waals surface area (Å²) in [7, 11) is 4.00. The Hall–Kier alpha value is -1.87. The van der Waals surface area contributed by atoms with Gasteiger partial charge < -0.3 is 14.6 Å². The molecule has 0 aromatic carbocycles. The zero-order chi connectivity index (χ0) is 19.9. The Labute approximate surface area is 165 Å². The highest BCUT2D eigenvalue weighted by molar-refractivity contribution is 7.98. The van der Waals surface area contributed by atoms with Crippen LogP contribution in [0.25, 0.3) is 0 Å². The molecule has 1 N–H and O–H groups in total. The van der Waals surface area contributed by atoms with Crippen LogP contribution in [0.15, 0.2) is 38.8 Å². The summed E-state index contributed by atoms with van der Waals surface area (Å²) in [5.41, 5.74) is 0. The minimum absolute atomic E-state index is 0.197. The van der Waals surface area contributed by atoms with E-state index in [4.69, 9.17) is 4.42 Å². The van der Waals surface area contributed by atoms with E-state index >= 15 is 0 Å². The lowest BCUT2D eigenvalue weighted by Crippen LogP contribution is -2.16. The van der Waals surface area contributed by atoms with Gasteiger partial charge in [0.15, 0.2) is 0 Å². The second-order valence-electron chi connectivity index (χ2n) is 6.41. The van der Waals surface area contributed by atoms with Crippen molar-refractivity contribution in [1.29, 1.82) is 0 Å². The van der Waals surface area contributed by atoms with Crippen molar-refractivity contribution in [2.24, 2.45) is 10.2 Å². The zero-order valence-corrected chi connectivity index (χ0v) is 17.3. The van der Waals surface area contributed by atoms with Crippen molar-refractivity contribution < 1.29 is 9.34 Å². The molecule has 1 rings (SSSR count). The molecular weight excluding hydrogens is 366 g/mol. The summed E-state index contributed by atoms with van der Waals surface area (Å²) in [5, 5.41) is 21.7. The molecule has 0 saturated carbocycles. The molecular formula is C18H31N5O3S. The molecule has 27 heavy (non-hydrogen) atoms. The van der Waals surface area contributed by atoms with Crippen LogP contribution in [-0.4, -0.2) is 42.8 Å². The quantitative estimate of drug-likeness (QED) is 0.205. The molecule has 0 amide bonds. The number of nitrogens with one attached hydrogen (secondary N) is 1. The van der Waals surface area contributed by atoms with Gasteiger partial charge in [-0.3, -0.25) is 10.1 Å². The number of nitrogens with zero attached hydrogens (tertiary/aromatic N) is 4. The Morgan fingerprint density at radius 2 is 2.11 bits per heavy atom. The number of furan rings is 1. The molecule has 0 aliphatic rings. The highest BCUT2D eigenvalue weighted by Gasteiger charge is 2.04. The average molecular weight is 398 g/mol. The fraction of sp³-hybridized carbons (Fsp3) is 0.667. The van der Waals surface area contributed by atoms with E-state index in [-0.39, 0.29) is 5.82 Å². The molecule has 0 bridgehead atoms. The van der Waals surface area contributed by atoms with Crippen molar-refractivity contribution in [3.8, 4) is 0 Å². The van der Waals surface area contributed by atoms with Gasteiger partial charge in [0.2, 0.25) is 5.82 Å². The lowest BCUT2D eigenvalue weighted by atomic mass is 10.2. The van der Waals surface area contributed by atoms with Gasteiger partial charge in [-0.05, 0) is 32.6 Å². The lowest BCUT2D eigenvalue weighted by molar-refractivity contribution is -0.403. The first-order valence-corrected chi connectivity index (χ1v) is 10.4. The van der Waals surface area contributed by atoms with Gasteiger partial charge in [-0.15, -0.1) is 5.11 Å². The van der Waals surface area contributed by atoms with Crippen LogP contribution in [0.1, 0.15) is 44.1 Å². The van der Waals surface area contributed by atoms with E-state index in [1.165, 1.54) is 6.42 Å². The molecule has 9 heteroatoms. The van der Waals surface area contributed by atoms with Crippen molar-refractivity contribution in [2.75, 3.05) is 32.9 Å². The highest BCUT2D eigenvalue weighted by atomic mass is 32.2. The third-order valence-corrected chi connectivity index (χ3v) is 4.49. The van der Waals surface area contributed by atoms with Crippen molar-refractivity contribution in [3.63, 3.8) is 0 Å². The van der Waals surface area contributed by atoms with Crippen molar-refractivity contribution in [3.05, 3.63) is 45.8 Å².